The molecule has 0 aromatic carbocycles. The Hall–Kier alpha value is -1.30. The van der Waals surface area contributed by atoms with Crippen molar-refractivity contribution in [2.75, 3.05) is 6.61 Å². The quantitative estimate of drug-likeness (QED) is 0.275. The molecular formula is C10H19N3O3. The SMILES string of the molecule is CC(CC(N)=NO)NC(=O)C1CCOC1C. The smallest absolute Gasteiger partial charge is 0.226 e. The maximum Gasteiger partial charge on any atom is 0.226 e. The summed E-state index contributed by atoms with van der Waals surface area (Å²) in [4.78, 5) is 11.8. The lowest BCUT2D eigenvalue weighted by Crippen LogP contribution is -2.41. The molecule has 3 atom stereocenters. The number of amides is 1. The maximum atomic E-state index is 11.8. The van der Waals surface area contributed by atoms with Crippen LogP contribution in [-0.2, 0) is 9.53 Å². The number of hydrogen-bond donors (Lipinski definition) is 3. The Kier molecular flexibility index (Phi) is 4.54. The Labute approximate surface area is 94.8 Å². The van der Waals surface area contributed by atoms with Crippen LogP contribution in [-0.4, -0.2) is 35.7 Å². The Morgan fingerprint density at radius 3 is 2.94 bits per heavy atom. The third-order valence-electron chi connectivity index (χ3n) is 2.75. The van der Waals surface area contributed by atoms with Crippen LogP contribution < -0.4 is 11.1 Å². The molecule has 1 saturated heterocycles. The van der Waals surface area contributed by atoms with Crippen LogP contribution in [0.1, 0.15) is 26.7 Å². The Bertz CT molecular complexity index is 280. The first kappa shape index (κ1) is 12.8. The van der Waals surface area contributed by atoms with Crippen LogP contribution in [0.5, 0.6) is 0 Å². The molecule has 0 saturated carbocycles. The summed E-state index contributed by atoms with van der Waals surface area (Å²) in [6, 6.07) is -0.142. The Morgan fingerprint density at radius 1 is 1.75 bits per heavy atom. The normalized spacial score (nSPS) is 27.8. The van der Waals surface area contributed by atoms with Gasteiger partial charge in [0.25, 0.3) is 0 Å². The van der Waals surface area contributed by atoms with Gasteiger partial charge in [0.05, 0.1) is 12.0 Å². The average Bonchev–Trinajstić information content (AvgIpc) is 2.63. The topological polar surface area (TPSA) is 96.9 Å². The van der Waals surface area contributed by atoms with Crippen molar-refractivity contribution in [3.8, 4) is 0 Å². The summed E-state index contributed by atoms with van der Waals surface area (Å²) in [6.45, 7) is 4.34. The zero-order valence-corrected chi connectivity index (χ0v) is 9.64. The van der Waals surface area contributed by atoms with Gasteiger partial charge in [-0.05, 0) is 20.3 Å². The van der Waals surface area contributed by atoms with Crippen LogP contribution in [0.2, 0.25) is 0 Å². The first-order chi connectivity index (χ1) is 7.54. The highest BCUT2D eigenvalue weighted by Crippen LogP contribution is 2.20. The fourth-order valence-corrected chi connectivity index (χ4v) is 1.83. The summed E-state index contributed by atoms with van der Waals surface area (Å²) in [5.41, 5.74) is 5.35. The van der Waals surface area contributed by atoms with Crippen molar-refractivity contribution in [1.29, 1.82) is 0 Å². The minimum Gasteiger partial charge on any atom is -0.409 e. The van der Waals surface area contributed by atoms with E-state index in [1.54, 1.807) is 0 Å². The van der Waals surface area contributed by atoms with Gasteiger partial charge in [-0.15, -0.1) is 0 Å². The third kappa shape index (κ3) is 3.37. The Balaban J connectivity index is 2.39. The number of hydrogen-bond acceptors (Lipinski definition) is 4. The van der Waals surface area contributed by atoms with Gasteiger partial charge in [-0.1, -0.05) is 5.16 Å². The second kappa shape index (κ2) is 5.69. The van der Waals surface area contributed by atoms with E-state index in [0.717, 1.165) is 6.42 Å². The molecule has 0 aromatic heterocycles. The number of carbonyl (C=O) groups is 1. The lowest BCUT2D eigenvalue weighted by Gasteiger charge is -2.18. The molecule has 0 aromatic rings. The molecule has 1 heterocycles. The van der Waals surface area contributed by atoms with Crippen LogP contribution in [0.15, 0.2) is 5.16 Å². The van der Waals surface area contributed by atoms with E-state index in [2.05, 4.69) is 10.5 Å². The number of oxime groups is 1. The summed E-state index contributed by atoms with van der Waals surface area (Å²) in [5, 5.41) is 14.1. The van der Waals surface area contributed by atoms with E-state index in [1.807, 2.05) is 13.8 Å². The third-order valence-corrected chi connectivity index (χ3v) is 2.75. The fraction of sp³-hybridized carbons (Fsp3) is 0.800. The molecule has 1 fully saturated rings. The molecule has 0 aliphatic carbocycles. The first-order valence-electron chi connectivity index (χ1n) is 5.43. The van der Waals surface area contributed by atoms with Crippen LogP contribution >= 0.6 is 0 Å². The van der Waals surface area contributed by atoms with Gasteiger partial charge in [-0.3, -0.25) is 4.79 Å². The van der Waals surface area contributed by atoms with Crippen LogP contribution in [0.25, 0.3) is 0 Å². The minimum atomic E-state index is -0.142. The van der Waals surface area contributed by atoms with Crippen LogP contribution in [0.3, 0.4) is 0 Å². The number of amidine groups is 1. The van der Waals surface area contributed by atoms with Crippen molar-refractivity contribution >= 4 is 11.7 Å². The highest BCUT2D eigenvalue weighted by molar-refractivity contribution is 5.83. The second-order valence-electron chi connectivity index (χ2n) is 4.18. The average molecular weight is 229 g/mol. The van der Waals surface area contributed by atoms with Crippen molar-refractivity contribution in [1.82, 2.24) is 5.32 Å². The van der Waals surface area contributed by atoms with Gasteiger partial charge in [0.2, 0.25) is 5.91 Å². The van der Waals surface area contributed by atoms with Gasteiger partial charge in [-0.2, -0.15) is 0 Å². The van der Waals surface area contributed by atoms with E-state index in [4.69, 9.17) is 15.7 Å². The number of carbonyl (C=O) groups excluding carboxylic acids is 1. The summed E-state index contributed by atoms with van der Waals surface area (Å²) in [7, 11) is 0. The van der Waals surface area contributed by atoms with Crippen LogP contribution in [0.4, 0.5) is 0 Å². The van der Waals surface area contributed by atoms with Gasteiger partial charge in [0.1, 0.15) is 5.84 Å². The van der Waals surface area contributed by atoms with Crippen LogP contribution in [0, 0.1) is 5.92 Å². The largest absolute Gasteiger partial charge is 0.409 e. The zero-order valence-electron chi connectivity index (χ0n) is 9.64. The summed E-state index contributed by atoms with van der Waals surface area (Å²) in [5.74, 6) is 0.00139. The molecule has 1 rings (SSSR count). The summed E-state index contributed by atoms with van der Waals surface area (Å²) >= 11 is 0. The Morgan fingerprint density at radius 2 is 2.44 bits per heavy atom. The molecule has 0 spiro atoms. The molecule has 0 bridgehead atoms. The highest BCUT2D eigenvalue weighted by atomic mass is 16.5. The standard InChI is InChI=1S/C10H19N3O3/c1-6(5-9(11)13-15)12-10(14)8-3-4-16-7(8)2/h6-8,15H,3-5H2,1-2H3,(H2,11,13)(H,12,14). The van der Waals surface area contributed by atoms with Crippen molar-refractivity contribution < 1.29 is 14.7 Å². The van der Waals surface area contributed by atoms with Gasteiger partial charge >= 0.3 is 0 Å². The molecule has 6 nitrogen and oxygen atoms in total. The highest BCUT2D eigenvalue weighted by Gasteiger charge is 2.31. The molecule has 1 aliphatic rings. The minimum absolute atomic E-state index is 0.0248. The van der Waals surface area contributed by atoms with E-state index in [1.165, 1.54) is 0 Å². The van der Waals surface area contributed by atoms with E-state index in [-0.39, 0.29) is 29.8 Å². The maximum absolute atomic E-state index is 11.8. The molecular weight excluding hydrogens is 210 g/mol. The number of nitrogens with two attached hydrogens (primary N) is 1. The number of ether oxygens (including phenoxy) is 1. The molecule has 4 N–H and O–H groups in total. The van der Waals surface area contributed by atoms with Crippen molar-refractivity contribution in [2.24, 2.45) is 16.8 Å². The first-order valence-corrected chi connectivity index (χ1v) is 5.43. The van der Waals surface area contributed by atoms with Gasteiger partial charge < -0.3 is 21.0 Å². The lowest BCUT2D eigenvalue weighted by molar-refractivity contribution is -0.126. The molecule has 6 heteroatoms. The fourth-order valence-electron chi connectivity index (χ4n) is 1.83. The van der Waals surface area contributed by atoms with Crippen molar-refractivity contribution in [3.05, 3.63) is 0 Å². The van der Waals surface area contributed by atoms with Crippen molar-refractivity contribution in [2.45, 2.75) is 38.8 Å². The molecule has 1 amide bonds. The van der Waals surface area contributed by atoms with Gasteiger partial charge in [-0.25, -0.2) is 0 Å². The predicted molar refractivity (Wildman–Crippen MR) is 59.2 cm³/mol. The molecule has 92 valence electrons. The second-order valence-corrected chi connectivity index (χ2v) is 4.18. The molecule has 1 aliphatic heterocycles. The van der Waals surface area contributed by atoms with Gasteiger partial charge in [0.15, 0.2) is 0 Å². The van der Waals surface area contributed by atoms with E-state index in [0.29, 0.717) is 13.0 Å². The van der Waals surface area contributed by atoms with E-state index >= 15 is 0 Å². The van der Waals surface area contributed by atoms with Crippen molar-refractivity contribution in [3.63, 3.8) is 0 Å². The van der Waals surface area contributed by atoms with Gasteiger partial charge in [0, 0.05) is 19.1 Å². The molecule has 0 radical (unpaired) electrons. The van der Waals surface area contributed by atoms with E-state index < -0.39 is 0 Å². The lowest BCUT2D eigenvalue weighted by atomic mass is 10.0. The summed E-state index contributed by atoms with van der Waals surface area (Å²) in [6.07, 6.45) is 1.06. The molecule has 16 heavy (non-hydrogen) atoms. The predicted octanol–water partition coefficient (Wildman–Crippen LogP) is 0.0526. The molecule has 3 unspecified atom stereocenters. The summed E-state index contributed by atoms with van der Waals surface area (Å²) < 4.78 is 5.32. The number of nitrogens with one attached hydrogen (secondary N) is 1. The zero-order chi connectivity index (χ0) is 12.1. The number of rotatable bonds is 4. The monoisotopic (exact) mass is 229 g/mol. The van der Waals surface area contributed by atoms with E-state index in [9.17, 15) is 4.79 Å². The number of nitrogens with zero attached hydrogens (tertiary/aromatic N) is 1.